The third-order valence-electron chi connectivity index (χ3n) is 3.13. The lowest BCUT2D eigenvalue weighted by atomic mass is 10.1. The quantitative estimate of drug-likeness (QED) is 0.651. The summed E-state index contributed by atoms with van der Waals surface area (Å²) in [4.78, 5) is 30.0. The molecule has 0 aliphatic rings. The van der Waals surface area contributed by atoms with Gasteiger partial charge in [-0.25, -0.2) is 9.78 Å². The van der Waals surface area contributed by atoms with Gasteiger partial charge >= 0.3 is 5.97 Å². The summed E-state index contributed by atoms with van der Waals surface area (Å²) in [7, 11) is 0. The molecular weight excluding hydrogens is 274 g/mol. The monoisotopic (exact) mass is 289 g/mol. The fourth-order valence-electron chi connectivity index (χ4n) is 1.92. The Hall–Kier alpha value is -2.83. The molecule has 0 fully saturated rings. The van der Waals surface area contributed by atoms with E-state index < -0.39 is 17.9 Å². The molecule has 0 saturated heterocycles. The number of aromatic hydroxyl groups is 1. The molecule has 0 spiro atoms. The molecule has 0 bridgehead atoms. The van der Waals surface area contributed by atoms with Gasteiger partial charge < -0.3 is 20.5 Å². The van der Waals surface area contributed by atoms with Crippen molar-refractivity contribution >= 4 is 11.9 Å². The van der Waals surface area contributed by atoms with E-state index in [0.717, 1.165) is 0 Å². The first kappa shape index (κ1) is 14.6. The van der Waals surface area contributed by atoms with Crippen LogP contribution in [0.3, 0.4) is 0 Å². The number of nitrogens with one attached hydrogen (secondary N) is 2. The molecule has 0 radical (unpaired) electrons. The predicted octanol–water partition coefficient (Wildman–Crippen LogP) is 0.849. The van der Waals surface area contributed by atoms with Crippen LogP contribution < -0.4 is 5.32 Å². The molecule has 0 unspecified atom stereocenters. The number of aliphatic carboxylic acids is 1. The van der Waals surface area contributed by atoms with Crippen molar-refractivity contribution in [2.75, 3.05) is 0 Å². The van der Waals surface area contributed by atoms with Gasteiger partial charge in [-0.1, -0.05) is 6.07 Å². The number of hydrogen-bond donors (Lipinski definition) is 4. The van der Waals surface area contributed by atoms with E-state index in [-0.39, 0.29) is 17.7 Å². The highest BCUT2D eigenvalue weighted by molar-refractivity contribution is 5.98. The molecule has 2 aromatic rings. The van der Waals surface area contributed by atoms with E-state index in [1.807, 2.05) is 0 Å². The van der Waals surface area contributed by atoms with Crippen LogP contribution >= 0.6 is 0 Å². The van der Waals surface area contributed by atoms with Gasteiger partial charge in [-0.2, -0.15) is 0 Å². The zero-order valence-corrected chi connectivity index (χ0v) is 11.3. The fraction of sp³-hybridized carbons (Fsp3) is 0.214. The summed E-state index contributed by atoms with van der Waals surface area (Å²) in [5.74, 6) is -1.70. The molecule has 0 aliphatic heterocycles. The highest BCUT2D eigenvalue weighted by atomic mass is 16.4. The smallest absolute Gasteiger partial charge is 0.326 e. The zero-order valence-electron chi connectivity index (χ0n) is 11.3. The standard InChI is InChI=1S/C14H15N3O4/c1-8-10(3-2-4-12(8)18)13(19)17-11(14(20)21)5-9-6-15-7-16-9/h2-4,6-7,11,18H,5H2,1H3,(H,15,16)(H,17,19)(H,20,21)/t11-/m0/s1. The average Bonchev–Trinajstić information content (AvgIpc) is 2.93. The van der Waals surface area contributed by atoms with E-state index in [4.69, 9.17) is 0 Å². The normalized spacial score (nSPS) is 11.9. The summed E-state index contributed by atoms with van der Waals surface area (Å²) in [5, 5.41) is 21.2. The Balaban J connectivity index is 2.15. The van der Waals surface area contributed by atoms with Crippen LogP contribution in [0.4, 0.5) is 0 Å². The first-order valence-corrected chi connectivity index (χ1v) is 6.28. The number of carboxylic acid groups (broad SMARTS) is 1. The van der Waals surface area contributed by atoms with E-state index in [1.54, 1.807) is 6.92 Å². The number of nitrogens with zero attached hydrogens (tertiary/aromatic N) is 1. The van der Waals surface area contributed by atoms with Crippen LogP contribution in [0.25, 0.3) is 0 Å². The largest absolute Gasteiger partial charge is 0.508 e. The van der Waals surface area contributed by atoms with Gasteiger partial charge in [0.1, 0.15) is 11.8 Å². The number of amides is 1. The Kier molecular flexibility index (Phi) is 4.22. The van der Waals surface area contributed by atoms with Crippen molar-refractivity contribution in [1.29, 1.82) is 0 Å². The Labute approximate surface area is 120 Å². The Morgan fingerprint density at radius 2 is 2.19 bits per heavy atom. The lowest BCUT2D eigenvalue weighted by Crippen LogP contribution is -2.42. The van der Waals surface area contributed by atoms with Crippen molar-refractivity contribution in [1.82, 2.24) is 15.3 Å². The topological polar surface area (TPSA) is 115 Å². The minimum atomic E-state index is -1.14. The maximum Gasteiger partial charge on any atom is 0.326 e. The summed E-state index contributed by atoms with van der Waals surface area (Å²) in [6, 6.07) is 3.44. The van der Waals surface area contributed by atoms with Crippen molar-refractivity contribution in [3.63, 3.8) is 0 Å². The maximum absolute atomic E-state index is 12.1. The lowest BCUT2D eigenvalue weighted by molar-refractivity contribution is -0.139. The van der Waals surface area contributed by atoms with E-state index in [0.29, 0.717) is 11.3 Å². The van der Waals surface area contributed by atoms with Crippen LogP contribution in [0.2, 0.25) is 0 Å². The van der Waals surface area contributed by atoms with Gasteiger partial charge in [-0.05, 0) is 19.1 Å². The Morgan fingerprint density at radius 1 is 1.43 bits per heavy atom. The second kappa shape index (κ2) is 6.08. The molecule has 2 rings (SSSR count). The van der Waals surface area contributed by atoms with Gasteiger partial charge in [0, 0.05) is 29.4 Å². The number of benzene rings is 1. The number of carbonyl (C=O) groups is 2. The van der Waals surface area contributed by atoms with Crippen LogP contribution in [0.1, 0.15) is 21.6 Å². The molecule has 0 aliphatic carbocycles. The highest BCUT2D eigenvalue weighted by Crippen LogP contribution is 2.19. The van der Waals surface area contributed by atoms with Crippen LogP contribution in [-0.4, -0.2) is 38.1 Å². The maximum atomic E-state index is 12.1. The summed E-state index contributed by atoms with van der Waals surface area (Å²) >= 11 is 0. The molecule has 7 heteroatoms. The van der Waals surface area contributed by atoms with Gasteiger partial charge in [0.25, 0.3) is 5.91 Å². The molecular formula is C14H15N3O4. The second-order valence-corrected chi connectivity index (χ2v) is 4.59. The van der Waals surface area contributed by atoms with E-state index in [1.165, 1.54) is 30.7 Å². The number of rotatable bonds is 5. The minimum absolute atomic E-state index is 0.0110. The highest BCUT2D eigenvalue weighted by Gasteiger charge is 2.22. The number of imidazole rings is 1. The van der Waals surface area contributed by atoms with E-state index >= 15 is 0 Å². The van der Waals surface area contributed by atoms with Crippen LogP contribution in [0, 0.1) is 6.92 Å². The average molecular weight is 289 g/mol. The molecule has 7 nitrogen and oxygen atoms in total. The van der Waals surface area contributed by atoms with Crippen molar-refractivity contribution < 1.29 is 19.8 Å². The Bertz CT molecular complexity index is 652. The van der Waals surface area contributed by atoms with Gasteiger partial charge in [-0.15, -0.1) is 0 Å². The SMILES string of the molecule is Cc1c(O)cccc1C(=O)N[C@@H](Cc1cnc[nH]1)C(=O)O. The third-order valence-corrected chi connectivity index (χ3v) is 3.13. The molecule has 0 saturated carbocycles. The number of phenolic OH excluding ortho intramolecular Hbond substituents is 1. The van der Waals surface area contributed by atoms with Crippen LogP contribution in [0.15, 0.2) is 30.7 Å². The third kappa shape index (κ3) is 3.38. The second-order valence-electron chi connectivity index (χ2n) is 4.59. The molecule has 4 N–H and O–H groups in total. The van der Waals surface area contributed by atoms with Gasteiger partial charge in [0.05, 0.1) is 6.33 Å². The molecule has 1 aromatic heterocycles. The van der Waals surface area contributed by atoms with Gasteiger partial charge in [0.2, 0.25) is 0 Å². The summed E-state index contributed by atoms with van der Waals surface area (Å²) in [5.41, 5.74) is 1.25. The number of hydrogen-bond acceptors (Lipinski definition) is 4. The summed E-state index contributed by atoms with van der Waals surface area (Å²) < 4.78 is 0. The molecule has 1 atom stereocenters. The van der Waals surface area contributed by atoms with Gasteiger partial charge in [0.15, 0.2) is 0 Å². The zero-order chi connectivity index (χ0) is 15.4. The predicted molar refractivity (Wildman–Crippen MR) is 74.0 cm³/mol. The summed E-state index contributed by atoms with van der Waals surface area (Å²) in [6.45, 7) is 1.59. The molecule has 1 amide bonds. The number of carboxylic acids is 1. The first-order valence-electron chi connectivity index (χ1n) is 6.28. The lowest BCUT2D eigenvalue weighted by Gasteiger charge is -2.15. The van der Waals surface area contributed by atoms with Crippen molar-refractivity contribution in [2.45, 2.75) is 19.4 Å². The molecule has 1 heterocycles. The van der Waals surface area contributed by atoms with Crippen molar-refractivity contribution in [3.8, 4) is 5.75 Å². The number of H-pyrrole nitrogens is 1. The first-order chi connectivity index (χ1) is 9.99. The van der Waals surface area contributed by atoms with Crippen LogP contribution in [0.5, 0.6) is 5.75 Å². The fourth-order valence-corrected chi connectivity index (χ4v) is 1.92. The van der Waals surface area contributed by atoms with Crippen molar-refractivity contribution in [3.05, 3.63) is 47.5 Å². The van der Waals surface area contributed by atoms with E-state index in [9.17, 15) is 19.8 Å². The molecule has 1 aromatic carbocycles. The number of phenols is 1. The molecule has 21 heavy (non-hydrogen) atoms. The summed E-state index contributed by atoms with van der Waals surface area (Å²) in [6.07, 6.45) is 3.04. The van der Waals surface area contributed by atoms with Crippen LogP contribution in [-0.2, 0) is 11.2 Å². The van der Waals surface area contributed by atoms with Gasteiger partial charge in [-0.3, -0.25) is 4.79 Å². The molecule has 110 valence electrons. The number of aromatic nitrogens is 2. The number of carbonyl (C=O) groups excluding carboxylic acids is 1. The van der Waals surface area contributed by atoms with E-state index in [2.05, 4.69) is 15.3 Å². The van der Waals surface area contributed by atoms with Crippen molar-refractivity contribution in [2.24, 2.45) is 0 Å². The Morgan fingerprint density at radius 3 is 2.81 bits per heavy atom. The minimum Gasteiger partial charge on any atom is -0.508 e. The number of aromatic amines is 1.